The fraction of sp³-hybridized carbons (Fsp3) is 0.300. The highest BCUT2D eigenvalue weighted by Crippen LogP contribution is 2.11. The van der Waals surface area contributed by atoms with Crippen molar-refractivity contribution in [3.63, 3.8) is 0 Å². The second-order valence-corrected chi connectivity index (χ2v) is 3.61. The van der Waals surface area contributed by atoms with Crippen molar-refractivity contribution in [3.05, 3.63) is 28.7 Å². The van der Waals surface area contributed by atoms with E-state index in [0.29, 0.717) is 6.42 Å². The monoisotopic (exact) mass is 259 g/mol. The predicted octanol–water partition coefficient (Wildman–Crippen LogP) is 2.90. The van der Waals surface area contributed by atoms with Crippen LogP contribution in [0.3, 0.4) is 0 Å². The van der Waals surface area contributed by atoms with Gasteiger partial charge in [-0.15, -0.1) is 0 Å². The first-order chi connectivity index (χ1) is 6.56. The highest BCUT2D eigenvalue weighted by atomic mass is 79.9. The van der Waals surface area contributed by atoms with E-state index in [2.05, 4.69) is 15.9 Å². The summed E-state index contributed by atoms with van der Waals surface area (Å²) in [7, 11) is 0. The smallest absolute Gasteiger partial charge is 0.303 e. The topological polar surface area (TPSA) is 63.3 Å². The summed E-state index contributed by atoms with van der Waals surface area (Å²) in [5, 5.41) is 7.91. The average molecular weight is 260 g/mol. The Kier molecular flexibility index (Phi) is 6.84. The van der Waals surface area contributed by atoms with Crippen LogP contribution < -0.4 is 5.73 Å². The van der Waals surface area contributed by atoms with E-state index in [9.17, 15) is 4.79 Å². The standard InChI is InChI=1S/C6H6BrN.C4H8O2/c7-5-2-1-3-6(8)4-5;1-2-3-4(5)6/h1-4H,8H2;2-3H2,1H3,(H,5,6). The van der Waals surface area contributed by atoms with Crippen LogP contribution in [0.4, 0.5) is 5.69 Å². The molecule has 4 heteroatoms. The van der Waals surface area contributed by atoms with Gasteiger partial charge in [0, 0.05) is 16.6 Å². The number of carboxylic acids is 1. The van der Waals surface area contributed by atoms with Crippen molar-refractivity contribution in [1.29, 1.82) is 0 Å². The minimum absolute atomic E-state index is 0.292. The van der Waals surface area contributed by atoms with Gasteiger partial charge < -0.3 is 10.8 Å². The third-order valence-electron chi connectivity index (χ3n) is 1.31. The van der Waals surface area contributed by atoms with Crippen molar-refractivity contribution in [2.75, 3.05) is 5.73 Å². The average Bonchev–Trinajstić information content (AvgIpc) is 2.03. The molecule has 14 heavy (non-hydrogen) atoms. The lowest BCUT2D eigenvalue weighted by molar-refractivity contribution is -0.137. The number of hydrogen-bond acceptors (Lipinski definition) is 2. The van der Waals surface area contributed by atoms with Crippen LogP contribution in [0.25, 0.3) is 0 Å². The van der Waals surface area contributed by atoms with Crippen LogP contribution in [-0.2, 0) is 4.79 Å². The molecule has 0 aliphatic rings. The van der Waals surface area contributed by atoms with E-state index < -0.39 is 5.97 Å². The van der Waals surface area contributed by atoms with E-state index >= 15 is 0 Å². The molecule has 0 aliphatic heterocycles. The molecule has 0 amide bonds. The Morgan fingerprint density at radius 2 is 2.21 bits per heavy atom. The van der Waals surface area contributed by atoms with Crippen molar-refractivity contribution < 1.29 is 9.90 Å². The van der Waals surface area contributed by atoms with E-state index in [4.69, 9.17) is 10.8 Å². The molecule has 1 aromatic carbocycles. The summed E-state index contributed by atoms with van der Waals surface area (Å²) in [6, 6.07) is 7.56. The zero-order chi connectivity index (χ0) is 11.0. The van der Waals surface area contributed by atoms with Crippen LogP contribution in [0.2, 0.25) is 0 Å². The molecule has 0 saturated carbocycles. The van der Waals surface area contributed by atoms with E-state index in [1.807, 2.05) is 31.2 Å². The molecule has 0 fully saturated rings. The first-order valence-corrected chi connectivity index (χ1v) is 5.08. The molecule has 0 saturated heterocycles. The number of halogens is 1. The van der Waals surface area contributed by atoms with Crippen molar-refractivity contribution in [2.45, 2.75) is 19.8 Å². The van der Waals surface area contributed by atoms with Gasteiger partial charge in [0.15, 0.2) is 0 Å². The van der Waals surface area contributed by atoms with Crippen molar-refractivity contribution in [3.8, 4) is 0 Å². The summed E-state index contributed by atoms with van der Waals surface area (Å²) in [5.41, 5.74) is 6.22. The van der Waals surface area contributed by atoms with Crippen LogP contribution >= 0.6 is 15.9 Å². The Morgan fingerprint density at radius 3 is 2.43 bits per heavy atom. The van der Waals surface area contributed by atoms with Gasteiger partial charge in [-0.2, -0.15) is 0 Å². The molecule has 1 rings (SSSR count). The largest absolute Gasteiger partial charge is 0.481 e. The molecule has 78 valence electrons. The summed E-state index contributed by atoms with van der Waals surface area (Å²) < 4.78 is 1.03. The molecule has 0 unspecified atom stereocenters. The Hall–Kier alpha value is -1.03. The minimum atomic E-state index is -0.711. The molecule has 0 bridgehead atoms. The second kappa shape index (κ2) is 7.38. The molecule has 0 aliphatic carbocycles. The van der Waals surface area contributed by atoms with Crippen LogP contribution in [-0.4, -0.2) is 11.1 Å². The van der Waals surface area contributed by atoms with Crippen LogP contribution in [0, 0.1) is 0 Å². The SMILES string of the molecule is CCCC(=O)O.Nc1cccc(Br)c1. The summed E-state index contributed by atoms with van der Waals surface area (Å²) in [6.45, 7) is 1.84. The van der Waals surface area contributed by atoms with E-state index in [0.717, 1.165) is 16.6 Å². The van der Waals surface area contributed by atoms with Crippen LogP contribution in [0.5, 0.6) is 0 Å². The lowest BCUT2D eigenvalue weighted by Crippen LogP contribution is -1.90. The molecule has 3 nitrogen and oxygen atoms in total. The normalized spacial score (nSPS) is 8.71. The molecule has 3 N–H and O–H groups in total. The first kappa shape index (κ1) is 13.0. The Labute approximate surface area is 92.1 Å². The predicted molar refractivity (Wildman–Crippen MR) is 61.1 cm³/mol. The van der Waals surface area contributed by atoms with E-state index in [1.54, 1.807) is 0 Å². The quantitative estimate of drug-likeness (QED) is 0.803. The molecule has 0 spiro atoms. The fourth-order valence-electron chi connectivity index (χ4n) is 0.720. The summed E-state index contributed by atoms with van der Waals surface area (Å²) in [5.74, 6) is -0.711. The second-order valence-electron chi connectivity index (χ2n) is 2.70. The third-order valence-corrected chi connectivity index (χ3v) is 1.81. The molecule has 1 aromatic rings. The van der Waals surface area contributed by atoms with Crippen molar-refractivity contribution in [1.82, 2.24) is 0 Å². The maximum absolute atomic E-state index is 9.60. The Morgan fingerprint density at radius 1 is 1.57 bits per heavy atom. The highest BCUT2D eigenvalue weighted by Gasteiger charge is 1.87. The molecular weight excluding hydrogens is 246 g/mol. The van der Waals surface area contributed by atoms with Crippen LogP contribution in [0.1, 0.15) is 19.8 Å². The molecule has 0 heterocycles. The van der Waals surface area contributed by atoms with Gasteiger partial charge in [0.05, 0.1) is 0 Å². The van der Waals surface area contributed by atoms with Gasteiger partial charge in [-0.3, -0.25) is 4.79 Å². The summed E-state index contributed by atoms with van der Waals surface area (Å²) in [4.78, 5) is 9.60. The summed E-state index contributed by atoms with van der Waals surface area (Å²) in [6.07, 6.45) is 1.02. The molecule has 0 atom stereocenters. The van der Waals surface area contributed by atoms with E-state index in [1.165, 1.54) is 0 Å². The maximum atomic E-state index is 9.60. The van der Waals surface area contributed by atoms with Gasteiger partial charge in [-0.1, -0.05) is 28.9 Å². The zero-order valence-electron chi connectivity index (χ0n) is 8.03. The number of anilines is 1. The Balaban J connectivity index is 0.000000255. The highest BCUT2D eigenvalue weighted by molar-refractivity contribution is 9.10. The maximum Gasteiger partial charge on any atom is 0.303 e. The number of carboxylic acid groups (broad SMARTS) is 1. The zero-order valence-corrected chi connectivity index (χ0v) is 9.62. The van der Waals surface area contributed by atoms with Crippen LogP contribution in [0.15, 0.2) is 28.7 Å². The molecule has 0 aromatic heterocycles. The van der Waals surface area contributed by atoms with Crippen molar-refractivity contribution in [2.24, 2.45) is 0 Å². The lowest BCUT2D eigenvalue weighted by atomic mass is 10.3. The van der Waals surface area contributed by atoms with E-state index in [-0.39, 0.29) is 0 Å². The Bertz CT molecular complexity index is 272. The first-order valence-electron chi connectivity index (χ1n) is 4.29. The number of aliphatic carboxylic acids is 1. The van der Waals surface area contributed by atoms with Gasteiger partial charge in [0.1, 0.15) is 0 Å². The van der Waals surface area contributed by atoms with Crippen molar-refractivity contribution >= 4 is 27.6 Å². The number of nitrogens with two attached hydrogens (primary N) is 1. The van der Waals surface area contributed by atoms with Gasteiger partial charge >= 0.3 is 5.97 Å². The summed E-state index contributed by atoms with van der Waals surface area (Å²) >= 11 is 3.28. The number of benzene rings is 1. The number of nitrogen functional groups attached to an aromatic ring is 1. The van der Waals surface area contributed by atoms with Gasteiger partial charge in [-0.25, -0.2) is 0 Å². The number of carbonyl (C=O) groups is 1. The number of rotatable bonds is 2. The minimum Gasteiger partial charge on any atom is -0.481 e. The van der Waals surface area contributed by atoms with Gasteiger partial charge in [-0.05, 0) is 24.6 Å². The van der Waals surface area contributed by atoms with Gasteiger partial charge in [0.25, 0.3) is 0 Å². The number of hydrogen-bond donors (Lipinski definition) is 2. The lowest BCUT2D eigenvalue weighted by Gasteiger charge is -1.89. The van der Waals surface area contributed by atoms with Gasteiger partial charge in [0.2, 0.25) is 0 Å². The third kappa shape index (κ3) is 7.61. The molecule has 0 radical (unpaired) electrons. The fourth-order valence-corrected chi connectivity index (χ4v) is 1.14. The molecular formula is C10H14BrNO2.